The fourth-order valence-corrected chi connectivity index (χ4v) is 2.08. The summed E-state index contributed by atoms with van der Waals surface area (Å²) in [5.74, 6) is 0.0795. The van der Waals surface area contributed by atoms with E-state index in [4.69, 9.17) is 4.18 Å². The van der Waals surface area contributed by atoms with Gasteiger partial charge in [-0.15, -0.1) is 0 Å². The third kappa shape index (κ3) is 6.35. The van der Waals surface area contributed by atoms with Crippen molar-refractivity contribution in [2.45, 2.75) is 25.3 Å². The zero-order valence-corrected chi connectivity index (χ0v) is 9.61. The van der Waals surface area contributed by atoms with Crippen molar-refractivity contribution in [1.29, 1.82) is 0 Å². The minimum absolute atomic E-state index is 0.0795. The summed E-state index contributed by atoms with van der Waals surface area (Å²) in [7, 11) is -1.70. The molecule has 86 valence electrons. The summed E-state index contributed by atoms with van der Waals surface area (Å²) in [4.78, 5) is 7.66. The Morgan fingerprint density at radius 3 is 2.93 bits per heavy atom. The first-order valence-corrected chi connectivity index (χ1v) is 6.53. The molecular weight excluding hydrogens is 216 g/mol. The number of nitrogens with zero attached hydrogens (tertiary/aromatic N) is 2. The molecule has 1 atom stereocenters. The van der Waals surface area contributed by atoms with Crippen LogP contribution in [0.3, 0.4) is 0 Å². The maximum Gasteiger partial charge on any atom is 0.267 e. The summed E-state index contributed by atoms with van der Waals surface area (Å²) in [5, 5.41) is 0. The van der Waals surface area contributed by atoms with Gasteiger partial charge in [0.05, 0.1) is 18.4 Å². The van der Waals surface area contributed by atoms with Crippen molar-refractivity contribution in [1.82, 2.24) is 0 Å². The molecule has 0 aromatic rings. The van der Waals surface area contributed by atoms with Crippen molar-refractivity contribution >= 4 is 22.5 Å². The molecule has 0 saturated carbocycles. The molecule has 1 unspecified atom stereocenters. The van der Waals surface area contributed by atoms with Crippen LogP contribution in [0.15, 0.2) is 9.98 Å². The molecule has 0 amide bonds. The van der Waals surface area contributed by atoms with E-state index in [9.17, 15) is 8.42 Å². The molecule has 1 heterocycles. The summed E-state index contributed by atoms with van der Waals surface area (Å²) in [6.45, 7) is 0.180. The average molecular weight is 232 g/mol. The molecule has 0 spiro atoms. The first-order valence-electron chi connectivity index (χ1n) is 4.95. The van der Waals surface area contributed by atoms with E-state index < -0.39 is 10.1 Å². The van der Waals surface area contributed by atoms with Gasteiger partial charge < -0.3 is 4.99 Å². The van der Waals surface area contributed by atoms with Crippen LogP contribution in [0.4, 0.5) is 0 Å². The average Bonchev–Trinajstić information content (AvgIpc) is 2.96. The molecular formula is C9H16N2O3S. The van der Waals surface area contributed by atoms with Crippen LogP contribution < -0.4 is 0 Å². The second-order valence-corrected chi connectivity index (χ2v) is 5.08. The maximum atomic E-state index is 11.3. The monoisotopic (exact) mass is 232 g/mol. The third-order valence-electron chi connectivity index (χ3n) is 1.95. The van der Waals surface area contributed by atoms with Crippen molar-refractivity contribution in [3.63, 3.8) is 0 Å². The highest BCUT2D eigenvalue weighted by Crippen LogP contribution is 2.10. The summed E-state index contributed by atoms with van der Waals surface area (Å²) in [6, 6.07) is 0.285. The first-order chi connectivity index (χ1) is 7.14. The number of aliphatic imine (C=N–C) groups is 2. The van der Waals surface area contributed by atoms with Crippen LogP contribution in [-0.2, 0) is 14.3 Å². The maximum absolute atomic E-state index is 11.3. The van der Waals surface area contributed by atoms with Crippen LogP contribution in [0.1, 0.15) is 19.3 Å². The summed E-state index contributed by atoms with van der Waals surface area (Å²) in [6.07, 6.45) is 5.40. The SMILES string of the molecule is C/N=C/CCOS(=O)(=O)CCCC1C=N1. The minimum atomic E-state index is -3.35. The molecule has 0 aromatic heterocycles. The molecule has 0 aromatic carbocycles. The van der Waals surface area contributed by atoms with E-state index >= 15 is 0 Å². The predicted octanol–water partition coefficient (Wildman–Crippen LogP) is 0.657. The molecule has 0 saturated heterocycles. The molecule has 0 fully saturated rings. The number of hydrogen-bond acceptors (Lipinski definition) is 5. The number of rotatable bonds is 8. The first kappa shape index (κ1) is 12.3. The van der Waals surface area contributed by atoms with Gasteiger partial charge in [0.25, 0.3) is 10.1 Å². The van der Waals surface area contributed by atoms with Crippen LogP contribution in [0.5, 0.6) is 0 Å². The summed E-state index contributed by atoms with van der Waals surface area (Å²) < 4.78 is 27.4. The van der Waals surface area contributed by atoms with E-state index in [2.05, 4.69) is 9.98 Å². The molecule has 0 N–H and O–H groups in total. The van der Waals surface area contributed by atoms with Gasteiger partial charge >= 0.3 is 0 Å². The second-order valence-electron chi connectivity index (χ2n) is 3.32. The van der Waals surface area contributed by atoms with E-state index in [1.54, 1.807) is 13.3 Å². The Morgan fingerprint density at radius 1 is 1.60 bits per heavy atom. The van der Waals surface area contributed by atoms with Crippen molar-refractivity contribution in [3.8, 4) is 0 Å². The molecule has 1 rings (SSSR count). The molecule has 0 aliphatic carbocycles. The van der Waals surface area contributed by atoms with Gasteiger partial charge in [-0.2, -0.15) is 8.42 Å². The summed E-state index contributed by atoms with van der Waals surface area (Å²) >= 11 is 0. The predicted molar refractivity (Wildman–Crippen MR) is 60.3 cm³/mol. The van der Waals surface area contributed by atoms with Crippen LogP contribution in [0.2, 0.25) is 0 Å². The normalized spacial score (nSPS) is 19.9. The largest absolute Gasteiger partial charge is 0.301 e. The highest BCUT2D eigenvalue weighted by atomic mass is 32.2. The highest BCUT2D eigenvalue weighted by Gasteiger charge is 2.16. The Bertz CT molecular complexity index is 329. The Morgan fingerprint density at radius 2 is 2.33 bits per heavy atom. The van der Waals surface area contributed by atoms with E-state index in [0.717, 1.165) is 6.42 Å². The lowest BCUT2D eigenvalue weighted by Gasteiger charge is -2.03. The van der Waals surface area contributed by atoms with Gasteiger partial charge in [-0.25, -0.2) is 0 Å². The van der Waals surface area contributed by atoms with E-state index in [1.165, 1.54) is 0 Å². The Hall–Kier alpha value is -0.750. The fraction of sp³-hybridized carbons (Fsp3) is 0.778. The van der Waals surface area contributed by atoms with E-state index in [0.29, 0.717) is 12.8 Å². The number of hydrogen-bond donors (Lipinski definition) is 0. The quantitative estimate of drug-likeness (QED) is 0.350. The van der Waals surface area contributed by atoms with Crippen molar-refractivity contribution in [2.75, 3.05) is 19.4 Å². The minimum Gasteiger partial charge on any atom is -0.301 e. The van der Waals surface area contributed by atoms with Crippen LogP contribution in [0, 0.1) is 0 Å². The van der Waals surface area contributed by atoms with Crippen molar-refractivity contribution < 1.29 is 12.6 Å². The molecule has 6 heteroatoms. The lowest BCUT2D eigenvalue weighted by atomic mass is 10.2. The van der Waals surface area contributed by atoms with Gasteiger partial charge in [-0.3, -0.25) is 9.18 Å². The molecule has 5 nitrogen and oxygen atoms in total. The molecule has 0 bridgehead atoms. The topological polar surface area (TPSA) is 68.1 Å². The van der Waals surface area contributed by atoms with Gasteiger partial charge in [0, 0.05) is 25.9 Å². The second kappa shape index (κ2) is 5.97. The standard InChI is InChI=1S/C9H16N2O3S/c1-10-5-3-6-14-15(12,13)7-2-4-9-8-11-9/h5,8-9H,2-4,6-7H2,1H3/b10-5+. The van der Waals surface area contributed by atoms with Crippen LogP contribution in [-0.4, -0.2) is 46.3 Å². The van der Waals surface area contributed by atoms with Gasteiger partial charge in [-0.1, -0.05) is 0 Å². The van der Waals surface area contributed by atoms with Crippen molar-refractivity contribution in [3.05, 3.63) is 0 Å². The van der Waals surface area contributed by atoms with Gasteiger partial charge in [0.2, 0.25) is 0 Å². The zero-order chi connectivity index (χ0) is 11.1. The Labute approximate surface area is 90.4 Å². The Kier molecular flexibility index (Phi) is 4.90. The highest BCUT2D eigenvalue weighted by molar-refractivity contribution is 7.86. The lowest BCUT2D eigenvalue weighted by Crippen LogP contribution is -2.12. The molecule has 1 aliphatic rings. The summed E-state index contributed by atoms with van der Waals surface area (Å²) in [5.41, 5.74) is 0. The third-order valence-corrected chi connectivity index (χ3v) is 3.26. The van der Waals surface area contributed by atoms with Gasteiger partial charge in [0.15, 0.2) is 0 Å². The Balaban J connectivity index is 2.07. The van der Waals surface area contributed by atoms with E-state index in [-0.39, 0.29) is 18.4 Å². The van der Waals surface area contributed by atoms with Crippen LogP contribution in [0.25, 0.3) is 0 Å². The molecule has 15 heavy (non-hydrogen) atoms. The zero-order valence-electron chi connectivity index (χ0n) is 8.80. The van der Waals surface area contributed by atoms with E-state index in [1.807, 2.05) is 6.21 Å². The van der Waals surface area contributed by atoms with Crippen LogP contribution >= 0.6 is 0 Å². The van der Waals surface area contributed by atoms with Gasteiger partial charge in [0.1, 0.15) is 0 Å². The molecule has 0 radical (unpaired) electrons. The van der Waals surface area contributed by atoms with Crippen molar-refractivity contribution in [2.24, 2.45) is 9.98 Å². The molecule has 1 aliphatic heterocycles. The lowest BCUT2D eigenvalue weighted by molar-refractivity contribution is 0.328. The van der Waals surface area contributed by atoms with Gasteiger partial charge in [-0.05, 0) is 12.8 Å². The fourth-order valence-electron chi connectivity index (χ4n) is 1.09. The smallest absolute Gasteiger partial charge is 0.267 e.